The van der Waals surface area contributed by atoms with Crippen LogP contribution in [-0.2, 0) is 11.3 Å². The highest BCUT2D eigenvalue weighted by molar-refractivity contribution is 5.77. The lowest BCUT2D eigenvalue weighted by atomic mass is 10.1. The van der Waals surface area contributed by atoms with Gasteiger partial charge in [0, 0.05) is 5.92 Å². The monoisotopic (exact) mass is 197 g/mol. The van der Waals surface area contributed by atoms with Gasteiger partial charge in [0.05, 0.1) is 11.5 Å². The third-order valence-corrected chi connectivity index (χ3v) is 1.99. The van der Waals surface area contributed by atoms with Crippen LogP contribution >= 0.6 is 0 Å². The molecule has 0 saturated heterocycles. The molecule has 1 heterocycles. The lowest BCUT2D eigenvalue weighted by Gasteiger charge is -2.05. The van der Waals surface area contributed by atoms with Gasteiger partial charge in [0.15, 0.2) is 0 Å². The van der Waals surface area contributed by atoms with Crippen LogP contribution in [0, 0.1) is 16.0 Å². The number of carbonyl (C=O) groups is 1. The molecule has 14 heavy (non-hydrogen) atoms. The topological polar surface area (TPSA) is 78.0 Å². The molecule has 1 aromatic rings. The van der Waals surface area contributed by atoms with Crippen LogP contribution in [-0.4, -0.2) is 20.5 Å². The smallest absolute Gasteiger partial charge is 0.300 e. The van der Waals surface area contributed by atoms with Crippen molar-refractivity contribution in [3.05, 3.63) is 22.5 Å². The van der Waals surface area contributed by atoms with E-state index in [2.05, 4.69) is 5.10 Å². The minimum absolute atomic E-state index is 0.0446. The van der Waals surface area contributed by atoms with E-state index in [1.165, 1.54) is 24.0 Å². The molecule has 0 aromatic carbocycles. The van der Waals surface area contributed by atoms with E-state index in [0.717, 1.165) is 0 Å². The van der Waals surface area contributed by atoms with E-state index < -0.39 is 4.92 Å². The van der Waals surface area contributed by atoms with Gasteiger partial charge in [-0.05, 0) is 6.92 Å². The Morgan fingerprint density at radius 1 is 1.79 bits per heavy atom. The van der Waals surface area contributed by atoms with Crippen LogP contribution < -0.4 is 0 Å². The Labute approximate surface area is 80.7 Å². The van der Waals surface area contributed by atoms with E-state index >= 15 is 0 Å². The molecule has 0 saturated carbocycles. The van der Waals surface area contributed by atoms with Gasteiger partial charge >= 0.3 is 5.69 Å². The minimum atomic E-state index is -0.512. The van der Waals surface area contributed by atoms with Crippen molar-refractivity contribution in [1.29, 1.82) is 0 Å². The number of hydrogen-bond acceptors (Lipinski definition) is 4. The van der Waals surface area contributed by atoms with Gasteiger partial charge in [0.2, 0.25) is 0 Å². The number of rotatable bonds is 4. The molecule has 0 N–H and O–H groups in total. The van der Waals surface area contributed by atoms with Gasteiger partial charge < -0.3 is 0 Å². The molecule has 0 aliphatic carbocycles. The van der Waals surface area contributed by atoms with Crippen molar-refractivity contribution < 1.29 is 9.72 Å². The summed E-state index contributed by atoms with van der Waals surface area (Å²) in [6.45, 7) is 3.63. The second kappa shape index (κ2) is 3.99. The lowest BCUT2D eigenvalue weighted by Crippen LogP contribution is -2.14. The zero-order valence-corrected chi connectivity index (χ0v) is 8.01. The molecule has 1 rings (SSSR count). The van der Waals surface area contributed by atoms with E-state index in [4.69, 9.17) is 0 Å². The van der Waals surface area contributed by atoms with Crippen LogP contribution in [0.15, 0.2) is 12.4 Å². The number of Topliss-reactive ketones (excluding diaryl/α,β-unsaturated/α-hetero) is 1. The summed E-state index contributed by atoms with van der Waals surface area (Å²) in [7, 11) is 0. The minimum Gasteiger partial charge on any atom is -0.300 e. The molecule has 1 atom stereocenters. The summed E-state index contributed by atoms with van der Waals surface area (Å²) in [6, 6.07) is 0. The first kappa shape index (κ1) is 10.4. The van der Waals surface area contributed by atoms with Gasteiger partial charge in [-0.25, -0.2) is 0 Å². The maximum absolute atomic E-state index is 10.9. The molecule has 0 spiro atoms. The molecular weight excluding hydrogens is 186 g/mol. The van der Waals surface area contributed by atoms with E-state index in [1.54, 1.807) is 6.92 Å². The zero-order chi connectivity index (χ0) is 10.7. The summed E-state index contributed by atoms with van der Waals surface area (Å²) < 4.78 is 1.41. The van der Waals surface area contributed by atoms with E-state index in [1.807, 2.05) is 0 Å². The molecule has 0 aliphatic rings. The highest BCUT2D eigenvalue weighted by Crippen LogP contribution is 2.09. The van der Waals surface area contributed by atoms with E-state index in [-0.39, 0.29) is 17.4 Å². The maximum Gasteiger partial charge on any atom is 0.306 e. The summed E-state index contributed by atoms with van der Waals surface area (Å²) in [6.07, 6.45) is 2.49. The maximum atomic E-state index is 10.9. The Bertz CT molecular complexity index is 358. The highest BCUT2D eigenvalue weighted by atomic mass is 16.6. The van der Waals surface area contributed by atoms with E-state index in [9.17, 15) is 14.9 Å². The van der Waals surface area contributed by atoms with Gasteiger partial charge in [0.25, 0.3) is 0 Å². The van der Waals surface area contributed by atoms with Crippen LogP contribution in [0.5, 0.6) is 0 Å². The normalized spacial score (nSPS) is 12.4. The second-order valence-electron chi connectivity index (χ2n) is 3.19. The van der Waals surface area contributed by atoms with Crippen molar-refractivity contribution in [1.82, 2.24) is 9.78 Å². The van der Waals surface area contributed by atoms with Gasteiger partial charge in [-0.3, -0.25) is 19.6 Å². The first-order valence-electron chi connectivity index (χ1n) is 4.18. The van der Waals surface area contributed by atoms with E-state index in [0.29, 0.717) is 6.54 Å². The Kier molecular flexibility index (Phi) is 2.95. The second-order valence-corrected chi connectivity index (χ2v) is 3.19. The molecule has 6 nitrogen and oxygen atoms in total. The average Bonchev–Trinajstić information content (AvgIpc) is 2.52. The predicted molar refractivity (Wildman–Crippen MR) is 48.7 cm³/mol. The average molecular weight is 197 g/mol. The molecular formula is C8H11N3O3. The van der Waals surface area contributed by atoms with Crippen LogP contribution in [0.4, 0.5) is 5.69 Å². The third-order valence-electron chi connectivity index (χ3n) is 1.99. The van der Waals surface area contributed by atoms with Crippen molar-refractivity contribution in [2.24, 2.45) is 5.92 Å². The molecule has 76 valence electrons. The predicted octanol–water partition coefficient (Wildman–Crippen LogP) is 1.02. The quantitative estimate of drug-likeness (QED) is 0.533. The highest BCUT2D eigenvalue weighted by Gasteiger charge is 2.12. The molecule has 6 heteroatoms. The van der Waals surface area contributed by atoms with Gasteiger partial charge in [-0.1, -0.05) is 6.92 Å². The largest absolute Gasteiger partial charge is 0.306 e. The standard InChI is InChI=1S/C8H11N3O3/c1-6(7(2)12)4-10-5-8(3-9-10)11(13)14/h3,5-6H,4H2,1-2H3/t6-/m1/s1. The first-order chi connectivity index (χ1) is 6.50. The summed E-state index contributed by atoms with van der Waals surface area (Å²) >= 11 is 0. The van der Waals surface area contributed by atoms with Crippen molar-refractivity contribution >= 4 is 11.5 Å². The molecule has 1 aromatic heterocycles. The number of aromatic nitrogens is 2. The number of carbonyl (C=O) groups excluding carboxylic acids is 1. The summed E-state index contributed by atoms with van der Waals surface area (Å²) in [4.78, 5) is 20.7. The third kappa shape index (κ3) is 2.38. The molecule has 0 aliphatic heterocycles. The fraction of sp³-hybridized carbons (Fsp3) is 0.500. The van der Waals surface area contributed by atoms with Crippen LogP contribution in [0.1, 0.15) is 13.8 Å². The van der Waals surface area contributed by atoms with Crippen LogP contribution in [0.2, 0.25) is 0 Å². The number of nitro groups is 1. The Morgan fingerprint density at radius 3 is 2.86 bits per heavy atom. The molecule has 0 fully saturated rings. The lowest BCUT2D eigenvalue weighted by molar-refractivity contribution is -0.385. The SMILES string of the molecule is CC(=O)[C@H](C)Cn1cc([N+](=O)[O-])cn1. The van der Waals surface area contributed by atoms with Gasteiger partial charge in [0.1, 0.15) is 18.2 Å². The number of nitrogens with zero attached hydrogens (tertiary/aromatic N) is 3. The van der Waals surface area contributed by atoms with Gasteiger partial charge in [-0.2, -0.15) is 5.10 Å². The summed E-state index contributed by atoms with van der Waals surface area (Å²) in [5.41, 5.74) is -0.0549. The van der Waals surface area contributed by atoms with Crippen LogP contribution in [0.25, 0.3) is 0 Å². The van der Waals surface area contributed by atoms with Gasteiger partial charge in [-0.15, -0.1) is 0 Å². The first-order valence-corrected chi connectivity index (χ1v) is 4.18. The Balaban J connectivity index is 2.69. The fourth-order valence-electron chi connectivity index (χ4n) is 0.956. The number of ketones is 1. The summed E-state index contributed by atoms with van der Waals surface area (Å²) in [5, 5.41) is 14.1. The molecule has 0 bridgehead atoms. The van der Waals surface area contributed by atoms with Crippen molar-refractivity contribution in [2.45, 2.75) is 20.4 Å². The zero-order valence-electron chi connectivity index (χ0n) is 8.01. The Hall–Kier alpha value is -1.72. The van der Waals surface area contributed by atoms with Crippen molar-refractivity contribution in [2.75, 3.05) is 0 Å². The molecule has 0 radical (unpaired) electrons. The van der Waals surface area contributed by atoms with Crippen molar-refractivity contribution in [3.63, 3.8) is 0 Å². The van der Waals surface area contributed by atoms with Crippen LogP contribution in [0.3, 0.4) is 0 Å². The molecule has 0 amide bonds. The molecule has 0 unspecified atom stereocenters. The fourth-order valence-corrected chi connectivity index (χ4v) is 0.956. The Morgan fingerprint density at radius 2 is 2.43 bits per heavy atom. The summed E-state index contributed by atoms with van der Waals surface area (Å²) in [5.74, 6) is -0.127. The van der Waals surface area contributed by atoms with Crippen molar-refractivity contribution in [3.8, 4) is 0 Å². The number of hydrogen-bond donors (Lipinski definition) is 0.